The molecule has 0 saturated carbocycles. The molecule has 0 aliphatic carbocycles. The number of phenolic OH excluding ortho intramolecular Hbond substituents is 1. The van der Waals surface area contributed by atoms with Crippen LogP contribution in [0.4, 0.5) is 0 Å². The summed E-state index contributed by atoms with van der Waals surface area (Å²) in [6.07, 6.45) is 0.609. The highest BCUT2D eigenvalue weighted by atomic mass is 16.5. The Kier molecular flexibility index (Phi) is 4.17. The molecule has 1 atom stereocenters. The normalized spacial score (nSPS) is 17.8. The van der Waals surface area contributed by atoms with E-state index in [1.807, 2.05) is 12.1 Å². The highest BCUT2D eigenvalue weighted by Gasteiger charge is 2.22. The smallest absolute Gasteiger partial charge is 0.243 e. The molecular weight excluding hydrogens is 268 g/mol. The lowest BCUT2D eigenvalue weighted by atomic mass is 10.1. The first-order valence-corrected chi connectivity index (χ1v) is 7.27. The monoisotopic (exact) mass is 288 g/mol. The largest absolute Gasteiger partial charge is 0.508 e. The summed E-state index contributed by atoms with van der Waals surface area (Å²) in [5.74, 6) is 1.61. The van der Waals surface area contributed by atoms with Gasteiger partial charge in [-0.05, 0) is 24.6 Å². The van der Waals surface area contributed by atoms with Gasteiger partial charge in [0.1, 0.15) is 5.75 Å². The fourth-order valence-electron chi connectivity index (χ4n) is 2.53. The van der Waals surface area contributed by atoms with Gasteiger partial charge in [0.05, 0.1) is 6.04 Å². The molecule has 1 aliphatic rings. The van der Waals surface area contributed by atoms with E-state index < -0.39 is 0 Å². The van der Waals surface area contributed by atoms with E-state index in [1.54, 1.807) is 12.1 Å². The Bertz CT molecular complexity index is 576. The van der Waals surface area contributed by atoms with Crippen LogP contribution < -0.4 is 5.32 Å². The van der Waals surface area contributed by atoms with E-state index in [-0.39, 0.29) is 11.8 Å². The molecule has 1 aliphatic heterocycles. The highest BCUT2D eigenvalue weighted by Crippen LogP contribution is 2.19. The molecule has 0 spiro atoms. The van der Waals surface area contributed by atoms with Crippen LogP contribution in [-0.2, 0) is 6.42 Å². The number of nitrogens with zero attached hydrogens (tertiary/aromatic N) is 3. The summed E-state index contributed by atoms with van der Waals surface area (Å²) in [6, 6.07) is 7.21. The fraction of sp³-hybridized carbons (Fsp3) is 0.467. The standard InChI is InChI=1S/C15H20N4O2/c1-11(19-8-6-16-7-9-19)15-17-14(18-21-15)10-12-2-4-13(20)5-3-12/h2-5,11,16,20H,6-10H2,1H3. The third kappa shape index (κ3) is 3.40. The molecule has 6 nitrogen and oxygen atoms in total. The van der Waals surface area contributed by atoms with Crippen molar-refractivity contribution in [3.63, 3.8) is 0 Å². The van der Waals surface area contributed by atoms with Crippen molar-refractivity contribution in [3.05, 3.63) is 41.5 Å². The average Bonchev–Trinajstić information content (AvgIpc) is 2.98. The molecule has 3 rings (SSSR count). The van der Waals surface area contributed by atoms with Crippen molar-refractivity contribution in [2.24, 2.45) is 0 Å². The minimum absolute atomic E-state index is 0.146. The van der Waals surface area contributed by atoms with Crippen LogP contribution in [0.15, 0.2) is 28.8 Å². The molecule has 1 aromatic carbocycles. The number of piperazine rings is 1. The number of rotatable bonds is 4. The van der Waals surface area contributed by atoms with Gasteiger partial charge in [0.25, 0.3) is 0 Å². The number of phenols is 1. The summed E-state index contributed by atoms with van der Waals surface area (Å²) in [4.78, 5) is 6.84. The van der Waals surface area contributed by atoms with Crippen molar-refractivity contribution in [2.45, 2.75) is 19.4 Å². The van der Waals surface area contributed by atoms with Gasteiger partial charge >= 0.3 is 0 Å². The first-order chi connectivity index (χ1) is 10.2. The molecule has 2 aromatic rings. The lowest BCUT2D eigenvalue weighted by molar-refractivity contribution is 0.154. The van der Waals surface area contributed by atoms with E-state index in [0.29, 0.717) is 18.1 Å². The van der Waals surface area contributed by atoms with Crippen molar-refractivity contribution in [2.75, 3.05) is 26.2 Å². The molecule has 0 amide bonds. The van der Waals surface area contributed by atoms with Gasteiger partial charge in [-0.1, -0.05) is 17.3 Å². The second kappa shape index (κ2) is 6.24. The third-order valence-corrected chi connectivity index (χ3v) is 3.84. The highest BCUT2D eigenvalue weighted by molar-refractivity contribution is 5.27. The summed E-state index contributed by atoms with van der Waals surface area (Å²) in [7, 11) is 0. The predicted molar refractivity (Wildman–Crippen MR) is 78.1 cm³/mol. The summed E-state index contributed by atoms with van der Waals surface area (Å²) < 4.78 is 5.40. The first-order valence-electron chi connectivity index (χ1n) is 7.27. The molecular formula is C15H20N4O2. The zero-order valence-corrected chi connectivity index (χ0v) is 12.1. The van der Waals surface area contributed by atoms with E-state index in [2.05, 4.69) is 27.3 Å². The Labute approximate surface area is 123 Å². The lowest BCUT2D eigenvalue weighted by Gasteiger charge is -2.30. The lowest BCUT2D eigenvalue weighted by Crippen LogP contribution is -2.44. The molecule has 1 unspecified atom stereocenters. The van der Waals surface area contributed by atoms with Gasteiger partial charge in [-0.15, -0.1) is 0 Å². The van der Waals surface area contributed by atoms with Crippen LogP contribution in [0.3, 0.4) is 0 Å². The molecule has 1 aromatic heterocycles. The molecule has 1 saturated heterocycles. The Morgan fingerprint density at radius 1 is 1.29 bits per heavy atom. The summed E-state index contributed by atoms with van der Waals surface area (Å²) in [6.45, 7) is 6.09. The Morgan fingerprint density at radius 3 is 2.71 bits per heavy atom. The van der Waals surface area contributed by atoms with Gasteiger partial charge in [-0.25, -0.2) is 0 Å². The maximum atomic E-state index is 9.28. The quantitative estimate of drug-likeness (QED) is 0.884. The molecule has 0 bridgehead atoms. The fourth-order valence-corrected chi connectivity index (χ4v) is 2.53. The molecule has 112 valence electrons. The van der Waals surface area contributed by atoms with E-state index in [4.69, 9.17) is 4.52 Å². The van der Waals surface area contributed by atoms with Crippen molar-refractivity contribution in [3.8, 4) is 5.75 Å². The van der Waals surface area contributed by atoms with Crippen LogP contribution in [0.2, 0.25) is 0 Å². The SMILES string of the molecule is CC(c1nc(Cc2ccc(O)cc2)no1)N1CCNCC1. The zero-order chi connectivity index (χ0) is 14.7. The van der Waals surface area contributed by atoms with Crippen molar-refractivity contribution >= 4 is 0 Å². The van der Waals surface area contributed by atoms with Crippen molar-refractivity contribution in [1.82, 2.24) is 20.4 Å². The Hall–Kier alpha value is -1.92. The molecule has 21 heavy (non-hydrogen) atoms. The summed E-state index contributed by atoms with van der Waals surface area (Å²) >= 11 is 0. The Morgan fingerprint density at radius 2 is 2.00 bits per heavy atom. The number of hydrogen-bond acceptors (Lipinski definition) is 6. The second-order valence-corrected chi connectivity index (χ2v) is 5.35. The second-order valence-electron chi connectivity index (χ2n) is 5.35. The summed E-state index contributed by atoms with van der Waals surface area (Å²) in [5, 5.41) is 16.7. The number of nitrogens with one attached hydrogen (secondary N) is 1. The third-order valence-electron chi connectivity index (χ3n) is 3.84. The van der Waals surface area contributed by atoms with Gasteiger partial charge in [-0.2, -0.15) is 4.98 Å². The minimum Gasteiger partial charge on any atom is -0.508 e. The molecule has 6 heteroatoms. The van der Waals surface area contributed by atoms with Crippen molar-refractivity contribution < 1.29 is 9.63 Å². The van der Waals surface area contributed by atoms with Crippen LogP contribution in [0, 0.1) is 0 Å². The van der Waals surface area contributed by atoms with Crippen LogP contribution in [0.5, 0.6) is 5.75 Å². The number of aromatic nitrogens is 2. The summed E-state index contributed by atoms with van der Waals surface area (Å²) in [5.41, 5.74) is 1.05. The van der Waals surface area contributed by atoms with Gasteiger partial charge in [-0.3, -0.25) is 4.90 Å². The van der Waals surface area contributed by atoms with E-state index in [1.165, 1.54) is 0 Å². The van der Waals surface area contributed by atoms with Gasteiger partial charge in [0, 0.05) is 32.6 Å². The minimum atomic E-state index is 0.146. The molecule has 1 fully saturated rings. The average molecular weight is 288 g/mol. The van der Waals surface area contributed by atoms with Crippen LogP contribution >= 0.6 is 0 Å². The molecule has 2 N–H and O–H groups in total. The maximum absolute atomic E-state index is 9.28. The van der Waals surface area contributed by atoms with E-state index >= 15 is 0 Å². The number of aromatic hydroxyl groups is 1. The number of hydrogen-bond donors (Lipinski definition) is 2. The zero-order valence-electron chi connectivity index (χ0n) is 12.1. The van der Waals surface area contributed by atoms with E-state index in [0.717, 1.165) is 31.7 Å². The maximum Gasteiger partial charge on any atom is 0.243 e. The van der Waals surface area contributed by atoms with Crippen LogP contribution in [-0.4, -0.2) is 46.3 Å². The molecule has 2 heterocycles. The van der Waals surface area contributed by atoms with Crippen LogP contribution in [0.25, 0.3) is 0 Å². The topological polar surface area (TPSA) is 74.4 Å². The van der Waals surface area contributed by atoms with Crippen molar-refractivity contribution in [1.29, 1.82) is 0 Å². The molecule has 0 radical (unpaired) electrons. The Balaban J connectivity index is 1.66. The van der Waals surface area contributed by atoms with Gasteiger partial charge in [0.2, 0.25) is 5.89 Å². The first kappa shape index (κ1) is 14.0. The van der Waals surface area contributed by atoms with Crippen LogP contribution in [0.1, 0.15) is 30.2 Å². The predicted octanol–water partition coefficient (Wildman–Crippen LogP) is 1.33. The number of benzene rings is 1. The van der Waals surface area contributed by atoms with Gasteiger partial charge < -0.3 is 14.9 Å². The van der Waals surface area contributed by atoms with E-state index in [9.17, 15) is 5.11 Å². The van der Waals surface area contributed by atoms with Gasteiger partial charge in [0.15, 0.2) is 5.82 Å².